The summed E-state index contributed by atoms with van der Waals surface area (Å²) < 4.78 is 6.00. The van der Waals surface area contributed by atoms with Crippen LogP contribution in [0.1, 0.15) is 39.7 Å². The van der Waals surface area contributed by atoms with E-state index in [1.807, 2.05) is 19.1 Å². The van der Waals surface area contributed by atoms with Crippen LogP contribution in [0.3, 0.4) is 0 Å². The zero-order chi connectivity index (χ0) is 15.8. The number of hydrogen-bond donors (Lipinski definition) is 1. The molecule has 2 nitrogen and oxygen atoms in total. The lowest BCUT2D eigenvalue weighted by Crippen LogP contribution is -2.58. The number of hydrogen-bond acceptors (Lipinski definition) is 2. The average Bonchev–Trinajstić information content (AvgIpc) is 2.38. The Morgan fingerprint density at radius 1 is 1.29 bits per heavy atom. The fraction of sp³-hybridized carbons (Fsp3) is 0.647. The molecule has 1 aromatic carbocycles. The molecule has 0 radical (unpaired) electrons. The van der Waals surface area contributed by atoms with Gasteiger partial charge < -0.3 is 10.1 Å². The number of nitrogens with one attached hydrogen (secondary N) is 1. The van der Waals surface area contributed by atoms with E-state index in [4.69, 9.17) is 27.9 Å². The van der Waals surface area contributed by atoms with Crippen molar-refractivity contribution in [2.24, 2.45) is 11.3 Å². The fourth-order valence-corrected chi connectivity index (χ4v) is 3.10. The predicted octanol–water partition coefficient (Wildman–Crippen LogP) is 5.55. The van der Waals surface area contributed by atoms with E-state index in [9.17, 15) is 0 Å². The van der Waals surface area contributed by atoms with E-state index in [0.29, 0.717) is 18.1 Å². The molecule has 1 aliphatic rings. The summed E-state index contributed by atoms with van der Waals surface area (Å²) in [6.45, 7) is 11.6. The molecule has 4 heteroatoms. The van der Waals surface area contributed by atoms with Crippen molar-refractivity contribution in [3.8, 4) is 0 Å². The first kappa shape index (κ1) is 16.9. The number of halogens is 2. The van der Waals surface area contributed by atoms with E-state index in [0.717, 1.165) is 34.3 Å². The lowest BCUT2D eigenvalue weighted by atomic mass is 9.64. The summed E-state index contributed by atoms with van der Waals surface area (Å²) in [6.07, 6.45) is 1.30. The summed E-state index contributed by atoms with van der Waals surface area (Å²) in [4.78, 5) is 0. The van der Waals surface area contributed by atoms with Gasteiger partial charge in [-0.2, -0.15) is 0 Å². The standard InChI is InChI=1S/C17H25Cl2NO/c1-10(2)9-21-16-8-15(17(16,4)5)20-14-7-12(18)11(3)6-13(14)19/h6-7,10,15-16,20H,8-9H2,1-5H3. The Morgan fingerprint density at radius 2 is 1.95 bits per heavy atom. The van der Waals surface area contributed by atoms with Crippen LogP contribution in [0.15, 0.2) is 12.1 Å². The molecule has 0 saturated heterocycles. The summed E-state index contributed by atoms with van der Waals surface area (Å²) >= 11 is 12.5. The topological polar surface area (TPSA) is 21.3 Å². The lowest BCUT2D eigenvalue weighted by Gasteiger charge is -2.52. The van der Waals surface area contributed by atoms with Crippen molar-refractivity contribution in [2.75, 3.05) is 11.9 Å². The highest BCUT2D eigenvalue weighted by Crippen LogP contribution is 2.45. The van der Waals surface area contributed by atoms with Crippen molar-refractivity contribution < 1.29 is 4.74 Å². The van der Waals surface area contributed by atoms with Crippen molar-refractivity contribution >= 4 is 28.9 Å². The lowest BCUT2D eigenvalue weighted by molar-refractivity contribution is -0.108. The monoisotopic (exact) mass is 329 g/mol. The smallest absolute Gasteiger partial charge is 0.0665 e. The number of rotatable bonds is 5. The van der Waals surface area contributed by atoms with Gasteiger partial charge in [0.05, 0.1) is 16.8 Å². The summed E-state index contributed by atoms with van der Waals surface area (Å²) in [5.74, 6) is 0.568. The molecular weight excluding hydrogens is 305 g/mol. The van der Waals surface area contributed by atoms with E-state index in [-0.39, 0.29) is 5.41 Å². The molecule has 2 atom stereocenters. The molecule has 0 aliphatic heterocycles. The Hall–Kier alpha value is -0.440. The molecule has 2 rings (SSSR count). The molecule has 1 aliphatic carbocycles. The molecule has 0 bridgehead atoms. The first-order valence-electron chi connectivity index (χ1n) is 7.55. The molecule has 1 fully saturated rings. The van der Waals surface area contributed by atoms with Gasteiger partial charge >= 0.3 is 0 Å². The molecule has 0 spiro atoms. The largest absolute Gasteiger partial charge is 0.380 e. The van der Waals surface area contributed by atoms with Gasteiger partial charge in [-0.05, 0) is 37.0 Å². The maximum Gasteiger partial charge on any atom is 0.0665 e. The number of aryl methyl sites for hydroxylation is 1. The molecule has 118 valence electrons. The zero-order valence-corrected chi connectivity index (χ0v) is 15.0. The molecule has 1 saturated carbocycles. The van der Waals surface area contributed by atoms with E-state index >= 15 is 0 Å². The third kappa shape index (κ3) is 3.67. The van der Waals surface area contributed by atoms with Gasteiger partial charge in [-0.3, -0.25) is 0 Å². The quantitative estimate of drug-likeness (QED) is 0.764. The molecule has 0 heterocycles. The second-order valence-electron chi connectivity index (χ2n) is 7.05. The van der Waals surface area contributed by atoms with Crippen LogP contribution < -0.4 is 5.32 Å². The number of anilines is 1. The molecule has 21 heavy (non-hydrogen) atoms. The fourth-order valence-electron chi connectivity index (χ4n) is 2.67. The van der Waals surface area contributed by atoms with E-state index in [1.165, 1.54) is 0 Å². The first-order chi connectivity index (χ1) is 9.71. The second kappa shape index (κ2) is 6.36. The molecule has 2 unspecified atom stereocenters. The first-order valence-corrected chi connectivity index (χ1v) is 8.31. The Kier molecular flexibility index (Phi) is 5.12. The minimum Gasteiger partial charge on any atom is -0.380 e. The van der Waals surface area contributed by atoms with Crippen LogP contribution >= 0.6 is 23.2 Å². The third-order valence-electron chi connectivity index (χ3n) is 4.39. The highest BCUT2D eigenvalue weighted by molar-refractivity contribution is 6.35. The second-order valence-corrected chi connectivity index (χ2v) is 7.87. The van der Waals surface area contributed by atoms with Crippen molar-refractivity contribution in [3.63, 3.8) is 0 Å². The molecule has 1 N–H and O–H groups in total. The van der Waals surface area contributed by atoms with Gasteiger partial charge in [0.1, 0.15) is 0 Å². The Morgan fingerprint density at radius 3 is 2.52 bits per heavy atom. The SMILES string of the molecule is Cc1cc(Cl)c(NC2CC(OCC(C)C)C2(C)C)cc1Cl. The minimum absolute atomic E-state index is 0.0928. The summed E-state index contributed by atoms with van der Waals surface area (Å²) in [5, 5.41) is 4.99. The van der Waals surface area contributed by atoms with Crippen molar-refractivity contribution in [1.82, 2.24) is 0 Å². The van der Waals surface area contributed by atoms with Gasteiger partial charge in [0.15, 0.2) is 0 Å². The van der Waals surface area contributed by atoms with Crippen LogP contribution in [0.4, 0.5) is 5.69 Å². The summed E-state index contributed by atoms with van der Waals surface area (Å²) in [5.41, 5.74) is 2.00. The van der Waals surface area contributed by atoms with Crippen molar-refractivity contribution in [2.45, 2.75) is 53.2 Å². The van der Waals surface area contributed by atoms with Gasteiger partial charge in [0.25, 0.3) is 0 Å². The van der Waals surface area contributed by atoms with Crippen LogP contribution in [-0.2, 0) is 4.74 Å². The van der Waals surface area contributed by atoms with Crippen LogP contribution in [-0.4, -0.2) is 18.8 Å². The van der Waals surface area contributed by atoms with Crippen LogP contribution in [0.25, 0.3) is 0 Å². The predicted molar refractivity (Wildman–Crippen MR) is 91.6 cm³/mol. The molecule has 0 amide bonds. The third-order valence-corrected chi connectivity index (χ3v) is 5.11. The highest BCUT2D eigenvalue weighted by atomic mass is 35.5. The highest BCUT2D eigenvalue weighted by Gasteiger charge is 2.49. The molecule has 0 aromatic heterocycles. The Bertz CT molecular complexity index is 514. The zero-order valence-electron chi connectivity index (χ0n) is 13.5. The Balaban J connectivity index is 2.01. The maximum absolute atomic E-state index is 6.31. The average molecular weight is 330 g/mol. The van der Waals surface area contributed by atoms with Gasteiger partial charge in [-0.15, -0.1) is 0 Å². The van der Waals surface area contributed by atoms with Gasteiger partial charge in [0.2, 0.25) is 0 Å². The minimum atomic E-state index is 0.0928. The Labute approximate surface area is 138 Å². The van der Waals surface area contributed by atoms with Gasteiger partial charge in [-0.1, -0.05) is 50.9 Å². The summed E-state index contributed by atoms with van der Waals surface area (Å²) in [6, 6.07) is 4.17. The summed E-state index contributed by atoms with van der Waals surface area (Å²) in [7, 11) is 0. The maximum atomic E-state index is 6.31. The van der Waals surface area contributed by atoms with Crippen LogP contribution in [0, 0.1) is 18.3 Å². The van der Waals surface area contributed by atoms with Gasteiger partial charge in [0, 0.05) is 23.1 Å². The van der Waals surface area contributed by atoms with Crippen LogP contribution in [0.5, 0.6) is 0 Å². The van der Waals surface area contributed by atoms with E-state index < -0.39 is 0 Å². The van der Waals surface area contributed by atoms with Crippen LogP contribution in [0.2, 0.25) is 10.0 Å². The van der Waals surface area contributed by atoms with Gasteiger partial charge in [-0.25, -0.2) is 0 Å². The normalized spacial score (nSPS) is 24.0. The van der Waals surface area contributed by atoms with E-state index in [1.54, 1.807) is 0 Å². The molecular formula is C17H25Cl2NO. The number of benzene rings is 1. The van der Waals surface area contributed by atoms with Crippen molar-refractivity contribution in [3.05, 3.63) is 27.7 Å². The molecule has 1 aromatic rings. The van der Waals surface area contributed by atoms with Crippen molar-refractivity contribution in [1.29, 1.82) is 0 Å². The van der Waals surface area contributed by atoms with E-state index in [2.05, 4.69) is 33.0 Å². The number of ether oxygens (including phenoxy) is 1.